The largest absolute Gasteiger partial charge is 0.493 e. The highest BCUT2D eigenvalue weighted by Gasteiger charge is 2.21. The van der Waals surface area contributed by atoms with Crippen LogP contribution in [-0.4, -0.2) is 33.7 Å². The molecule has 1 atom stereocenters. The fourth-order valence-electron chi connectivity index (χ4n) is 3.53. The van der Waals surface area contributed by atoms with Crippen molar-refractivity contribution in [1.29, 1.82) is 0 Å². The van der Waals surface area contributed by atoms with Crippen LogP contribution in [0.2, 0.25) is 0 Å². The topological polar surface area (TPSA) is 80.5 Å². The summed E-state index contributed by atoms with van der Waals surface area (Å²) in [5, 5.41) is 10.2. The van der Waals surface area contributed by atoms with Gasteiger partial charge in [-0.1, -0.05) is 19.3 Å². The van der Waals surface area contributed by atoms with Crippen molar-refractivity contribution in [1.82, 2.24) is 19.9 Å². The molecule has 3 heterocycles. The number of amides is 1. The van der Waals surface area contributed by atoms with Crippen molar-refractivity contribution < 1.29 is 13.9 Å². The molecule has 8 heteroatoms. The lowest BCUT2D eigenvalue weighted by molar-refractivity contribution is 0.0953. The summed E-state index contributed by atoms with van der Waals surface area (Å²) in [6.07, 6.45) is 11.1. The summed E-state index contributed by atoms with van der Waals surface area (Å²) in [6.45, 7) is 2.81. The van der Waals surface area contributed by atoms with E-state index in [1.807, 2.05) is 6.92 Å². The molecule has 0 fully saturated rings. The number of rotatable bonds is 2. The van der Waals surface area contributed by atoms with Crippen molar-refractivity contribution in [3.63, 3.8) is 0 Å². The van der Waals surface area contributed by atoms with Crippen molar-refractivity contribution in [2.45, 2.75) is 32.2 Å². The van der Waals surface area contributed by atoms with Gasteiger partial charge in [-0.3, -0.25) is 4.79 Å². The first-order chi connectivity index (χ1) is 14.6. The molecule has 4 rings (SSSR count). The van der Waals surface area contributed by atoms with Crippen LogP contribution in [-0.2, 0) is 6.42 Å². The van der Waals surface area contributed by atoms with Gasteiger partial charge in [0.15, 0.2) is 5.65 Å². The van der Waals surface area contributed by atoms with E-state index >= 15 is 0 Å². The van der Waals surface area contributed by atoms with Gasteiger partial charge in [0.1, 0.15) is 29.0 Å². The summed E-state index contributed by atoms with van der Waals surface area (Å²) in [5.41, 5.74) is 2.10. The highest BCUT2D eigenvalue weighted by Crippen LogP contribution is 2.33. The lowest BCUT2D eigenvalue weighted by Crippen LogP contribution is -2.26. The van der Waals surface area contributed by atoms with Gasteiger partial charge in [-0.25, -0.2) is 13.9 Å². The highest BCUT2D eigenvalue weighted by atomic mass is 19.1. The number of carbonyl (C=O) groups excluding carboxylic acids is 1. The van der Waals surface area contributed by atoms with Gasteiger partial charge in [-0.05, 0) is 36.6 Å². The number of hydrogen-bond acceptors (Lipinski definition) is 5. The summed E-state index contributed by atoms with van der Waals surface area (Å²) in [7, 11) is 0. The fraction of sp³-hybridized carbons (Fsp3) is 0.318. The molecule has 3 aromatic rings. The molecule has 0 radical (unpaired) electrons. The average molecular weight is 407 g/mol. The van der Waals surface area contributed by atoms with Crippen molar-refractivity contribution in [2.24, 2.45) is 0 Å². The van der Waals surface area contributed by atoms with Crippen molar-refractivity contribution in [2.75, 3.05) is 18.5 Å². The molecule has 2 N–H and O–H groups in total. The second-order valence-corrected chi connectivity index (χ2v) is 7.07. The number of terminal acetylenes is 1. The van der Waals surface area contributed by atoms with E-state index in [-0.39, 0.29) is 11.7 Å². The summed E-state index contributed by atoms with van der Waals surface area (Å²) in [6, 6.07) is 3.93. The Hall–Kier alpha value is -3.60. The number of benzene rings is 1. The van der Waals surface area contributed by atoms with E-state index in [1.54, 1.807) is 12.3 Å². The van der Waals surface area contributed by atoms with Crippen LogP contribution in [0, 0.1) is 18.2 Å². The minimum atomic E-state index is -0.663. The maximum absolute atomic E-state index is 14.4. The zero-order valence-electron chi connectivity index (χ0n) is 16.6. The first-order valence-corrected chi connectivity index (χ1v) is 9.91. The molecule has 0 saturated carbocycles. The minimum absolute atomic E-state index is 0.255. The van der Waals surface area contributed by atoms with E-state index in [4.69, 9.17) is 11.2 Å². The number of carbonyl (C=O) groups is 1. The van der Waals surface area contributed by atoms with E-state index in [1.165, 1.54) is 22.8 Å². The number of aryl methyl sites for hydroxylation is 1. The Bertz CT molecular complexity index is 1130. The lowest BCUT2D eigenvalue weighted by Gasteiger charge is -2.21. The number of hydrogen-bond donors (Lipinski definition) is 2. The van der Waals surface area contributed by atoms with Gasteiger partial charge in [0.25, 0.3) is 5.91 Å². The molecular weight excluding hydrogens is 385 g/mol. The molecule has 0 unspecified atom stereocenters. The number of fused-ring (bicyclic) bond motifs is 2. The van der Waals surface area contributed by atoms with Gasteiger partial charge >= 0.3 is 0 Å². The molecule has 2 bridgehead atoms. The molecule has 0 saturated heterocycles. The van der Waals surface area contributed by atoms with Crippen molar-refractivity contribution in [3.8, 4) is 18.1 Å². The zero-order chi connectivity index (χ0) is 21.1. The average Bonchev–Trinajstić information content (AvgIpc) is 3.15. The number of aromatic nitrogens is 3. The number of ether oxygens (including phenoxy) is 1. The molecule has 7 nitrogen and oxygen atoms in total. The number of nitrogens with one attached hydrogen (secondary N) is 2. The van der Waals surface area contributed by atoms with Crippen LogP contribution in [0.15, 0.2) is 30.6 Å². The molecule has 1 aromatic carbocycles. The molecule has 1 amide bonds. The lowest BCUT2D eigenvalue weighted by atomic mass is 9.99. The summed E-state index contributed by atoms with van der Waals surface area (Å²) in [4.78, 5) is 17.0. The monoisotopic (exact) mass is 407 g/mol. The fourth-order valence-corrected chi connectivity index (χ4v) is 3.53. The Morgan fingerprint density at radius 1 is 1.43 bits per heavy atom. The summed E-state index contributed by atoms with van der Waals surface area (Å²) in [5.74, 6) is 3.09. The minimum Gasteiger partial charge on any atom is -0.493 e. The van der Waals surface area contributed by atoms with Crippen LogP contribution in [0.3, 0.4) is 0 Å². The van der Waals surface area contributed by atoms with E-state index in [9.17, 15) is 9.18 Å². The number of anilines is 1. The molecule has 154 valence electrons. The highest BCUT2D eigenvalue weighted by molar-refractivity contribution is 5.99. The van der Waals surface area contributed by atoms with Gasteiger partial charge in [0, 0.05) is 18.3 Å². The maximum Gasteiger partial charge on any atom is 0.256 e. The Kier molecular flexibility index (Phi) is 5.53. The number of halogens is 1. The van der Waals surface area contributed by atoms with Gasteiger partial charge in [-0.2, -0.15) is 5.10 Å². The quantitative estimate of drug-likeness (QED) is 0.638. The van der Waals surface area contributed by atoms with E-state index in [0.29, 0.717) is 54.3 Å². The molecular formula is C22H22FN5O2. The normalized spacial score (nSPS) is 16.7. The number of nitrogens with zero attached hydrogens (tertiary/aromatic N) is 3. The van der Waals surface area contributed by atoms with Gasteiger partial charge in [0.2, 0.25) is 0 Å². The van der Waals surface area contributed by atoms with Crippen LogP contribution in [0.25, 0.3) is 5.65 Å². The third-order valence-electron chi connectivity index (χ3n) is 4.92. The second kappa shape index (κ2) is 8.41. The van der Waals surface area contributed by atoms with Gasteiger partial charge in [-0.15, -0.1) is 6.42 Å². The molecule has 1 aliphatic rings. The van der Waals surface area contributed by atoms with Crippen LogP contribution in [0.4, 0.5) is 10.2 Å². The smallest absolute Gasteiger partial charge is 0.256 e. The van der Waals surface area contributed by atoms with Crippen LogP contribution < -0.4 is 15.4 Å². The maximum atomic E-state index is 14.4. The third kappa shape index (κ3) is 3.79. The summed E-state index contributed by atoms with van der Waals surface area (Å²) >= 11 is 0. The summed E-state index contributed by atoms with van der Waals surface area (Å²) < 4.78 is 22.0. The molecule has 0 spiro atoms. The predicted octanol–water partition coefficient (Wildman–Crippen LogP) is 3.12. The van der Waals surface area contributed by atoms with Gasteiger partial charge in [0.05, 0.1) is 12.8 Å². The Balaban J connectivity index is 1.83. The molecule has 1 aliphatic heterocycles. The third-order valence-corrected chi connectivity index (χ3v) is 4.92. The Labute approximate surface area is 173 Å². The van der Waals surface area contributed by atoms with Crippen molar-refractivity contribution >= 4 is 17.4 Å². The van der Waals surface area contributed by atoms with Crippen LogP contribution in [0.5, 0.6) is 5.75 Å². The Morgan fingerprint density at radius 2 is 2.30 bits per heavy atom. The van der Waals surface area contributed by atoms with Crippen LogP contribution in [0.1, 0.15) is 47.3 Å². The molecule has 30 heavy (non-hydrogen) atoms. The first kappa shape index (κ1) is 19.7. The van der Waals surface area contributed by atoms with E-state index in [0.717, 1.165) is 12.0 Å². The van der Waals surface area contributed by atoms with Crippen LogP contribution >= 0.6 is 0 Å². The first-order valence-electron chi connectivity index (χ1n) is 9.91. The van der Waals surface area contributed by atoms with E-state index < -0.39 is 6.04 Å². The zero-order valence-corrected chi connectivity index (χ0v) is 16.6. The van der Waals surface area contributed by atoms with E-state index in [2.05, 4.69) is 26.6 Å². The standard InChI is InChI=1S/C22H22FN5O2/c1-3-6-14-11-15(23)12-16-18(4-2)26-19-7-9-28-21(27-19)17(13-25-28)22(29)24-8-5-10-30-20(14)16/h2,7,9,11-13,18H,3,5-6,8,10H2,1H3,(H,24,29)(H,26,27)/t18-/m1/s1. The van der Waals surface area contributed by atoms with Gasteiger partial charge < -0.3 is 15.4 Å². The molecule has 2 aromatic heterocycles. The van der Waals surface area contributed by atoms with Crippen molar-refractivity contribution in [3.05, 3.63) is 53.1 Å². The SMILES string of the molecule is C#C[C@H]1Nc2ccn3ncc(c3n2)C(=O)NCCCOc2c(CCC)cc(F)cc21. The molecule has 0 aliphatic carbocycles. The Morgan fingerprint density at radius 3 is 3.10 bits per heavy atom. The predicted molar refractivity (Wildman–Crippen MR) is 111 cm³/mol. The second-order valence-electron chi connectivity index (χ2n) is 7.07.